The van der Waals surface area contributed by atoms with Gasteiger partial charge in [-0.25, -0.2) is 18.4 Å². The van der Waals surface area contributed by atoms with Gasteiger partial charge in [0.05, 0.1) is 17.7 Å². The Morgan fingerprint density at radius 3 is 2.57 bits per heavy atom. The lowest BCUT2D eigenvalue weighted by molar-refractivity contribution is 0.0997. The van der Waals surface area contributed by atoms with Crippen LogP contribution in [0, 0.1) is 5.92 Å². The normalized spacial score (nSPS) is 17.3. The molecule has 1 aliphatic rings. The standard InChI is InChI=1S/C25H29N5O4S/c1-16-14-25(2,3)30(15-16)24-22(23(26)31)19(12-13-27-24)35(32,33)21-11-7-10-20(29-21)28-17-8-5-6-9-18(17)34-4/h5-13,16H,14-15H2,1-4H3,(H2,26,31)(H,28,29). The molecule has 3 N–H and O–H groups in total. The molecular weight excluding hydrogens is 466 g/mol. The minimum atomic E-state index is -4.20. The smallest absolute Gasteiger partial charge is 0.253 e. The maximum atomic E-state index is 13.7. The molecule has 2 aromatic heterocycles. The monoisotopic (exact) mass is 495 g/mol. The number of rotatable bonds is 7. The van der Waals surface area contributed by atoms with Gasteiger partial charge in [0.1, 0.15) is 22.9 Å². The van der Waals surface area contributed by atoms with Crippen LogP contribution >= 0.6 is 0 Å². The summed E-state index contributed by atoms with van der Waals surface area (Å²) in [7, 11) is -2.65. The van der Waals surface area contributed by atoms with Crippen molar-refractivity contribution in [3.63, 3.8) is 0 Å². The predicted molar refractivity (Wildman–Crippen MR) is 134 cm³/mol. The van der Waals surface area contributed by atoms with E-state index >= 15 is 0 Å². The SMILES string of the molecule is COc1ccccc1Nc1cccc(S(=O)(=O)c2ccnc(N3CC(C)CC3(C)C)c2C(N)=O)n1. The Morgan fingerprint density at radius 2 is 1.91 bits per heavy atom. The number of para-hydroxylation sites is 2. The van der Waals surface area contributed by atoms with E-state index in [1.165, 1.54) is 18.3 Å². The molecule has 0 radical (unpaired) electrons. The molecule has 1 amide bonds. The number of benzene rings is 1. The van der Waals surface area contributed by atoms with Crippen LogP contribution in [-0.2, 0) is 9.84 Å². The molecule has 10 heteroatoms. The van der Waals surface area contributed by atoms with Gasteiger partial charge in [-0.2, -0.15) is 0 Å². The third kappa shape index (κ3) is 4.66. The Morgan fingerprint density at radius 1 is 1.17 bits per heavy atom. The maximum absolute atomic E-state index is 13.7. The van der Waals surface area contributed by atoms with Crippen LogP contribution in [0.2, 0.25) is 0 Å². The number of hydrogen-bond donors (Lipinski definition) is 2. The highest BCUT2D eigenvalue weighted by Crippen LogP contribution is 2.39. The lowest BCUT2D eigenvalue weighted by atomic mass is 9.97. The fourth-order valence-corrected chi connectivity index (χ4v) is 6.09. The second kappa shape index (κ2) is 9.18. The summed E-state index contributed by atoms with van der Waals surface area (Å²) in [5.74, 6) is 0.661. The van der Waals surface area contributed by atoms with E-state index in [1.807, 2.05) is 30.9 Å². The number of sulfone groups is 1. The van der Waals surface area contributed by atoms with Gasteiger partial charge in [-0.05, 0) is 56.5 Å². The molecule has 0 saturated carbocycles. The molecule has 0 aliphatic carbocycles. The minimum Gasteiger partial charge on any atom is -0.495 e. The summed E-state index contributed by atoms with van der Waals surface area (Å²) in [4.78, 5) is 23.0. The second-order valence-electron chi connectivity index (χ2n) is 9.29. The number of hydrogen-bond acceptors (Lipinski definition) is 8. The van der Waals surface area contributed by atoms with Gasteiger partial charge in [0, 0.05) is 18.3 Å². The van der Waals surface area contributed by atoms with Gasteiger partial charge in [-0.1, -0.05) is 25.1 Å². The van der Waals surface area contributed by atoms with Crippen LogP contribution in [0.1, 0.15) is 37.6 Å². The highest BCUT2D eigenvalue weighted by molar-refractivity contribution is 7.91. The van der Waals surface area contributed by atoms with Crippen molar-refractivity contribution in [1.82, 2.24) is 9.97 Å². The number of nitrogens with zero attached hydrogens (tertiary/aromatic N) is 3. The first-order valence-electron chi connectivity index (χ1n) is 11.2. The number of pyridine rings is 2. The van der Waals surface area contributed by atoms with Crippen LogP contribution in [0.5, 0.6) is 5.75 Å². The summed E-state index contributed by atoms with van der Waals surface area (Å²) in [5.41, 5.74) is 5.92. The third-order valence-electron chi connectivity index (χ3n) is 6.13. The van der Waals surface area contributed by atoms with Crippen molar-refractivity contribution in [3.05, 3.63) is 60.3 Å². The molecule has 1 saturated heterocycles. The zero-order valence-electron chi connectivity index (χ0n) is 20.1. The number of methoxy groups -OCH3 is 1. The number of nitrogens with one attached hydrogen (secondary N) is 1. The van der Waals surface area contributed by atoms with Crippen LogP contribution in [0.4, 0.5) is 17.3 Å². The van der Waals surface area contributed by atoms with Gasteiger partial charge in [0.25, 0.3) is 5.91 Å². The number of primary amides is 1. The second-order valence-corrected chi connectivity index (χ2v) is 11.2. The molecule has 1 aliphatic heterocycles. The third-order valence-corrected chi connectivity index (χ3v) is 7.82. The lowest BCUT2D eigenvalue weighted by Crippen LogP contribution is -2.40. The first-order valence-corrected chi connectivity index (χ1v) is 12.7. The molecule has 0 bridgehead atoms. The predicted octanol–water partition coefficient (Wildman–Crippen LogP) is 3.79. The molecule has 9 nitrogen and oxygen atoms in total. The van der Waals surface area contributed by atoms with Crippen molar-refractivity contribution < 1.29 is 17.9 Å². The van der Waals surface area contributed by atoms with Crippen molar-refractivity contribution in [2.45, 2.75) is 42.7 Å². The van der Waals surface area contributed by atoms with E-state index in [4.69, 9.17) is 10.5 Å². The molecule has 1 unspecified atom stereocenters. The van der Waals surface area contributed by atoms with Gasteiger partial charge in [-0.15, -0.1) is 0 Å². The fourth-order valence-electron chi connectivity index (χ4n) is 4.69. The van der Waals surface area contributed by atoms with Crippen molar-refractivity contribution in [3.8, 4) is 5.75 Å². The molecule has 4 rings (SSSR count). The molecule has 3 heterocycles. The van der Waals surface area contributed by atoms with Crippen molar-refractivity contribution in [1.29, 1.82) is 0 Å². The number of amides is 1. The number of nitrogens with two attached hydrogens (primary N) is 1. The first-order chi connectivity index (χ1) is 16.5. The zero-order chi connectivity index (χ0) is 25.4. The molecule has 35 heavy (non-hydrogen) atoms. The fraction of sp³-hybridized carbons (Fsp3) is 0.320. The number of carbonyl (C=O) groups excluding carboxylic acids is 1. The molecule has 1 aromatic carbocycles. The Labute approximate surface area is 205 Å². The van der Waals surface area contributed by atoms with Crippen molar-refractivity contribution >= 4 is 33.1 Å². The van der Waals surface area contributed by atoms with E-state index in [1.54, 1.807) is 31.4 Å². The maximum Gasteiger partial charge on any atom is 0.253 e. The summed E-state index contributed by atoms with van der Waals surface area (Å²) < 4.78 is 32.8. The van der Waals surface area contributed by atoms with Crippen LogP contribution in [0.3, 0.4) is 0 Å². The van der Waals surface area contributed by atoms with E-state index in [0.29, 0.717) is 29.7 Å². The largest absolute Gasteiger partial charge is 0.495 e. The van der Waals surface area contributed by atoms with E-state index in [9.17, 15) is 13.2 Å². The summed E-state index contributed by atoms with van der Waals surface area (Å²) in [6.45, 7) is 6.83. The van der Waals surface area contributed by atoms with Crippen LogP contribution in [-0.4, -0.2) is 43.5 Å². The van der Waals surface area contributed by atoms with E-state index in [0.717, 1.165) is 6.42 Å². The van der Waals surface area contributed by atoms with Crippen molar-refractivity contribution in [2.24, 2.45) is 11.7 Å². The van der Waals surface area contributed by atoms with Crippen LogP contribution in [0.15, 0.2) is 64.6 Å². The Balaban J connectivity index is 1.78. The first kappa shape index (κ1) is 24.5. The molecule has 3 aromatic rings. The average Bonchev–Trinajstić information content (AvgIpc) is 3.10. The van der Waals surface area contributed by atoms with Gasteiger partial charge in [0.15, 0.2) is 5.03 Å². The van der Waals surface area contributed by atoms with E-state index in [2.05, 4.69) is 22.2 Å². The quantitative estimate of drug-likeness (QED) is 0.507. The van der Waals surface area contributed by atoms with E-state index in [-0.39, 0.29) is 26.8 Å². The Hall–Kier alpha value is -3.66. The highest BCUT2D eigenvalue weighted by atomic mass is 32.2. The molecular formula is C25H29N5O4S. The lowest BCUT2D eigenvalue weighted by Gasteiger charge is -2.33. The van der Waals surface area contributed by atoms with Crippen molar-refractivity contribution in [2.75, 3.05) is 23.9 Å². The average molecular weight is 496 g/mol. The van der Waals surface area contributed by atoms with Crippen LogP contribution in [0.25, 0.3) is 0 Å². The zero-order valence-corrected chi connectivity index (χ0v) is 21.0. The van der Waals surface area contributed by atoms with Gasteiger partial charge < -0.3 is 20.7 Å². The molecule has 1 atom stereocenters. The minimum absolute atomic E-state index is 0.125. The van der Waals surface area contributed by atoms with E-state index < -0.39 is 15.7 Å². The molecule has 184 valence electrons. The van der Waals surface area contributed by atoms with Gasteiger partial charge >= 0.3 is 0 Å². The highest BCUT2D eigenvalue weighted by Gasteiger charge is 2.40. The summed E-state index contributed by atoms with van der Waals surface area (Å²) in [6, 6.07) is 13.1. The van der Waals surface area contributed by atoms with Gasteiger partial charge in [-0.3, -0.25) is 4.79 Å². The number of anilines is 3. The van der Waals surface area contributed by atoms with Gasteiger partial charge in [0.2, 0.25) is 9.84 Å². The number of aromatic nitrogens is 2. The van der Waals surface area contributed by atoms with Crippen LogP contribution < -0.4 is 20.7 Å². The topological polar surface area (TPSA) is 128 Å². The Kier molecular flexibility index (Phi) is 6.42. The number of carbonyl (C=O) groups is 1. The summed E-state index contributed by atoms with van der Waals surface area (Å²) >= 11 is 0. The number of ether oxygens (including phenoxy) is 1. The summed E-state index contributed by atoms with van der Waals surface area (Å²) in [6.07, 6.45) is 2.27. The Bertz CT molecular complexity index is 1370. The molecule has 1 fully saturated rings. The molecule has 0 spiro atoms. The summed E-state index contributed by atoms with van der Waals surface area (Å²) in [5, 5.41) is 2.87.